The number of nitrogens with zero attached hydrogens (tertiary/aromatic N) is 1. The number of ether oxygens (including phenoxy) is 1. The van der Waals surface area contributed by atoms with Gasteiger partial charge >= 0.3 is 0 Å². The summed E-state index contributed by atoms with van der Waals surface area (Å²) in [6, 6.07) is 6.78. The zero-order chi connectivity index (χ0) is 16.5. The molecular formula is C16H25N3O3. The molecule has 0 saturated carbocycles. The second-order valence-electron chi connectivity index (χ2n) is 4.91. The van der Waals surface area contributed by atoms with E-state index in [1.54, 1.807) is 38.3 Å². The van der Waals surface area contributed by atoms with Crippen molar-refractivity contribution >= 4 is 17.5 Å². The molecule has 0 aromatic heterocycles. The maximum atomic E-state index is 12.1. The third-order valence-electron chi connectivity index (χ3n) is 3.40. The normalized spacial score (nSPS) is 11.9. The largest absolute Gasteiger partial charge is 0.497 e. The monoisotopic (exact) mass is 307 g/mol. The summed E-state index contributed by atoms with van der Waals surface area (Å²) in [4.78, 5) is 25.8. The Morgan fingerprint density at radius 3 is 2.36 bits per heavy atom. The number of benzene rings is 1. The van der Waals surface area contributed by atoms with Crippen molar-refractivity contribution < 1.29 is 14.3 Å². The van der Waals surface area contributed by atoms with E-state index in [2.05, 4.69) is 10.6 Å². The Labute approximate surface area is 131 Å². The summed E-state index contributed by atoms with van der Waals surface area (Å²) in [5.74, 6) is 0.516. The van der Waals surface area contributed by atoms with E-state index in [-0.39, 0.29) is 24.4 Å². The average molecular weight is 307 g/mol. The van der Waals surface area contributed by atoms with Gasteiger partial charge in [-0.05, 0) is 44.7 Å². The Morgan fingerprint density at radius 1 is 1.23 bits per heavy atom. The highest BCUT2D eigenvalue weighted by Gasteiger charge is 2.21. The highest BCUT2D eigenvalue weighted by molar-refractivity contribution is 5.92. The highest BCUT2D eigenvalue weighted by Crippen LogP contribution is 2.15. The summed E-state index contributed by atoms with van der Waals surface area (Å²) in [6.45, 7) is 6.97. The van der Waals surface area contributed by atoms with Crippen molar-refractivity contribution in [1.29, 1.82) is 0 Å². The molecule has 22 heavy (non-hydrogen) atoms. The van der Waals surface area contributed by atoms with E-state index in [0.717, 1.165) is 5.75 Å². The van der Waals surface area contributed by atoms with Gasteiger partial charge in [0.05, 0.1) is 19.7 Å². The predicted molar refractivity (Wildman–Crippen MR) is 87.0 cm³/mol. The second kappa shape index (κ2) is 9.04. The first-order valence-corrected chi connectivity index (χ1v) is 7.47. The van der Waals surface area contributed by atoms with Gasteiger partial charge in [-0.25, -0.2) is 0 Å². The molecule has 0 saturated heterocycles. The SMILES string of the molecule is CCNC(=O)[C@@H](C)N(CC)CC(=O)Nc1ccc(OC)cc1. The van der Waals surface area contributed by atoms with Crippen LogP contribution in [0, 0.1) is 0 Å². The van der Waals surface area contributed by atoms with E-state index >= 15 is 0 Å². The number of carbonyl (C=O) groups is 2. The standard InChI is InChI=1S/C16H25N3O3/c1-5-17-16(21)12(3)19(6-2)11-15(20)18-13-7-9-14(22-4)10-8-13/h7-10,12H,5-6,11H2,1-4H3,(H,17,21)(H,18,20)/t12-/m1/s1. The number of methoxy groups -OCH3 is 1. The predicted octanol–water partition coefficient (Wildman–Crippen LogP) is 1.48. The van der Waals surface area contributed by atoms with Gasteiger partial charge in [0.25, 0.3) is 0 Å². The van der Waals surface area contributed by atoms with E-state index in [9.17, 15) is 9.59 Å². The zero-order valence-corrected chi connectivity index (χ0v) is 13.7. The van der Waals surface area contributed by atoms with Gasteiger partial charge in [-0.3, -0.25) is 14.5 Å². The summed E-state index contributed by atoms with van der Waals surface area (Å²) >= 11 is 0. The fourth-order valence-electron chi connectivity index (χ4n) is 2.07. The van der Waals surface area contributed by atoms with Crippen molar-refractivity contribution in [2.45, 2.75) is 26.8 Å². The molecule has 122 valence electrons. The smallest absolute Gasteiger partial charge is 0.238 e. The summed E-state index contributed by atoms with van der Waals surface area (Å²) in [7, 11) is 1.59. The molecule has 0 spiro atoms. The Kier molecular flexibility index (Phi) is 7.39. The highest BCUT2D eigenvalue weighted by atomic mass is 16.5. The Bertz CT molecular complexity index is 488. The molecule has 6 heteroatoms. The first-order chi connectivity index (χ1) is 10.5. The number of carbonyl (C=O) groups excluding carboxylic acids is 2. The molecule has 2 amide bonds. The molecule has 6 nitrogen and oxygen atoms in total. The van der Waals surface area contributed by atoms with Gasteiger partial charge in [0.15, 0.2) is 0 Å². The maximum Gasteiger partial charge on any atom is 0.238 e. The molecule has 0 bridgehead atoms. The average Bonchev–Trinajstić information content (AvgIpc) is 2.52. The lowest BCUT2D eigenvalue weighted by Crippen LogP contribution is -2.47. The third-order valence-corrected chi connectivity index (χ3v) is 3.40. The van der Waals surface area contributed by atoms with Gasteiger partial charge < -0.3 is 15.4 Å². The molecular weight excluding hydrogens is 282 g/mol. The topological polar surface area (TPSA) is 70.7 Å². The lowest BCUT2D eigenvalue weighted by molar-refractivity contribution is -0.127. The van der Waals surface area contributed by atoms with Gasteiger partial charge in [-0.2, -0.15) is 0 Å². The maximum absolute atomic E-state index is 12.1. The minimum absolute atomic E-state index is 0.0680. The summed E-state index contributed by atoms with van der Waals surface area (Å²) in [5, 5.41) is 5.59. The summed E-state index contributed by atoms with van der Waals surface area (Å²) in [6.07, 6.45) is 0. The first-order valence-electron chi connectivity index (χ1n) is 7.47. The van der Waals surface area contributed by atoms with E-state index in [1.165, 1.54) is 0 Å². The number of rotatable bonds is 8. The molecule has 0 unspecified atom stereocenters. The molecule has 0 radical (unpaired) electrons. The van der Waals surface area contributed by atoms with Crippen LogP contribution in [0.25, 0.3) is 0 Å². The number of nitrogens with one attached hydrogen (secondary N) is 2. The van der Waals surface area contributed by atoms with Crippen LogP contribution >= 0.6 is 0 Å². The van der Waals surface area contributed by atoms with E-state index in [1.807, 2.05) is 18.7 Å². The van der Waals surface area contributed by atoms with Gasteiger partial charge in [-0.15, -0.1) is 0 Å². The van der Waals surface area contributed by atoms with E-state index < -0.39 is 0 Å². The minimum Gasteiger partial charge on any atom is -0.497 e. The zero-order valence-electron chi connectivity index (χ0n) is 13.7. The number of anilines is 1. The van der Waals surface area contributed by atoms with Crippen molar-refractivity contribution in [3.8, 4) is 5.75 Å². The number of amides is 2. The first kappa shape index (κ1) is 18.0. The minimum atomic E-state index is -0.341. The van der Waals surface area contributed by atoms with Crippen LogP contribution in [0.15, 0.2) is 24.3 Å². The Hall–Kier alpha value is -2.08. The van der Waals surface area contributed by atoms with Gasteiger partial charge in [-0.1, -0.05) is 6.92 Å². The van der Waals surface area contributed by atoms with Gasteiger partial charge in [0, 0.05) is 12.2 Å². The van der Waals surface area contributed by atoms with Crippen molar-refractivity contribution in [1.82, 2.24) is 10.2 Å². The molecule has 1 atom stereocenters. The van der Waals surface area contributed by atoms with Gasteiger partial charge in [0.2, 0.25) is 11.8 Å². The van der Waals surface area contributed by atoms with E-state index in [0.29, 0.717) is 18.8 Å². The van der Waals surface area contributed by atoms with Gasteiger partial charge in [0.1, 0.15) is 5.75 Å². The molecule has 0 aliphatic rings. The van der Waals surface area contributed by atoms with Crippen LogP contribution in [0.2, 0.25) is 0 Å². The second-order valence-corrected chi connectivity index (χ2v) is 4.91. The van der Waals surface area contributed by atoms with Crippen LogP contribution in [0.5, 0.6) is 5.75 Å². The molecule has 1 aromatic rings. The van der Waals surface area contributed by atoms with E-state index in [4.69, 9.17) is 4.74 Å². The van der Waals surface area contributed by atoms with Crippen LogP contribution in [-0.2, 0) is 9.59 Å². The van der Waals surface area contributed by atoms with Crippen LogP contribution in [0.1, 0.15) is 20.8 Å². The summed E-state index contributed by atoms with van der Waals surface area (Å²) < 4.78 is 5.07. The lowest BCUT2D eigenvalue weighted by atomic mass is 10.2. The Balaban J connectivity index is 2.58. The number of hydrogen-bond donors (Lipinski definition) is 2. The van der Waals surface area contributed by atoms with Crippen molar-refractivity contribution in [2.24, 2.45) is 0 Å². The Morgan fingerprint density at radius 2 is 1.86 bits per heavy atom. The molecule has 1 aromatic carbocycles. The van der Waals surface area contributed by atoms with Crippen LogP contribution < -0.4 is 15.4 Å². The third kappa shape index (κ3) is 5.37. The number of hydrogen-bond acceptors (Lipinski definition) is 4. The quantitative estimate of drug-likeness (QED) is 0.763. The molecule has 0 heterocycles. The van der Waals surface area contributed by atoms with Crippen molar-refractivity contribution in [3.05, 3.63) is 24.3 Å². The van der Waals surface area contributed by atoms with Crippen molar-refractivity contribution in [3.63, 3.8) is 0 Å². The van der Waals surface area contributed by atoms with Crippen molar-refractivity contribution in [2.75, 3.05) is 32.1 Å². The summed E-state index contributed by atoms with van der Waals surface area (Å²) in [5.41, 5.74) is 0.701. The molecule has 2 N–H and O–H groups in total. The fraction of sp³-hybridized carbons (Fsp3) is 0.500. The molecule has 0 fully saturated rings. The van der Waals surface area contributed by atoms with Crippen LogP contribution in [-0.4, -0.2) is 49.5 Å². The van der Waals surface area contributed by atoms with Crippen LogP contribution in [0.3, 0.4) is 0 Å². The molecule has 1 rings (SSSR count). The number of likely N-dealkylation sites (N-methyl/N-ethyl adjacent to an activating group) is 2. The van der Waals surface area contributed by atoms with Crippen LogP contribution in [0.4, 0.5) is 5.69 Å². The lowest BCUT2D eigenvalue weighted by Gasteiger charge is -2.26. The molecule has 0 aliphatic carbocycles. The fourth-order valence-corrected chi connectivity index (χ4v) is 2.07. The molecule has 0 aliphatic heterocycles.